The van der Waals surface area contributed by atoms with Gasteiger partial charge in [-0.25, -0.2) is 9.59 Å². The number of rotatable bonds is 8. The number of carbonyl (C=O) groups excluding carboxylic acids is 2. The highest BCUT2D eigenvalue weighted by molar-refractivity contribution is 5.81. The quantitative estimate of drug-likeness (QED) is 0.533. The van der Waals surface area contributed by atoms with Gasteiger partial charge in [-0.1, -0.05) is 35.9 Å². The summed E-state index contributed by atoms with van der Waals surface area (Å²) in [5, 5.41) is 12.7. The number of aryl methyl sites for hydroxylation is 1. The van der Waals surface area contributed by atoms with Crippen LogP contribution in [0.15, 0.2) is 36.4 Å². The van der Waals surface area contributed by atoms with Crippen LogP contribution in [-0.2, 0) is 14.3 Å². The van der Waals surface area contributed by atoms with E-state index >= 15 is 0 Å². The third kappa shape index (κ3) is 8.73. The van der Waals surface area contributed by atoms with Crippen LogP contribution in [-0.4, -0.2) is 36.0 Å². The Morgan fingerprint density at radius 3 is 2.37 bits per heavy atom. The normalized spacial score (nSPS) is 13.9. The number of alkyl carbamates (subject to hydrolysis) is 1. The summed E-state index contributed by atoms with van der Waals surface area (Å²) in [6, 6.07) is 7.26. The van der Waals surface area contributed by atoms with Crippen LogP contribution < -0.4 is 5.32 Å². The lowest BCUT2D eigenvalue weighted by molar-refractivity contribution is -0.137. The van der Waals surface area contributed by atoms with Gasteiger partial charge in [0.05, 0.1) is 12.6 Å². The van der Waals surface area contributed by atoms with Gasteiger partial charge < -0.3 is 19.9 Å². The summed E-state index contributed by atoms with van der Waals surface area (Å²) in [5.41, 5.74) is 1.33. The molecule has 150 valence electrons. The van der Waals surface area contributed by atoms with Crippen LogP contribution in [0.4, 0.5) is 4.79 Å². The number of ether oxygens (including phenoxy) is 2. The van der Waals surface area contributed by atoms with Crippen LogP contribution in [0.3, 0.4) is 0 Å². The van der Waals surface area contributed by atoms with Gasteiger partial charge in [-0.3, -0.25) is 0 Å². The molecule has 0 fully saturated rings. The second kappa shape index (κ2) is 10.7. The summed E-state index contributed by atoms with van der Waals surface area (Å²) in [6.07, 6.45) is 2.83. The zero-order chi connectivity index (χ0) is 20.4. The van der Waals surface area contributed by atoms with Crippen LogP contribution in [0.25, 0.3) is 0 Å². The van der Waals surface area contributed by atoms with Crippen molar-refractivity contribution in [3.63, 3.8) is 0 Å². The molecule has 0 spiro atoms. The van der Waals surface area contributed by atoms with E-state index in [0.717, 1.165) is 11.1 Å². The Morgan fingerprint density at radius 2 is 1.85 bits per heavy atom. The molecule has 0 saturated carbocycles. The molecule has 0 saturated heterocycles. The first-order valence-corrected chi connectivity index (χ1v) is 9.16. The van der Waals surface area contributed by atoms with Crippen molar-refractivity contribution in [2.75, 3.05) is 13.2 Å². The summed E-state index contributed by atoms with van der Waals surface area (Å²) < 4.78 is 10.2. The Hall–Kier alpha value is -2.34. The molecule has 6 heteroatoms. The van der Waals surface area contributed by atoms with Crippen molar-refractivity contribution in [1.82, 2.24) is 5.32 Å². The number of esters is 1. The number of nitrogens with one attached hydrogen (secondary N) is 1. The summed E-state index contributed by atoms with van der Waals surface area (Å²) >= 11 is 0. The predicted octanol–water partition coefficient (Wildman–Crippen LogP) is 3.68. The number of carbonyl (C=O) groups is 2. The van der Waals surface area contributed by atoms with E-state index in [2.05, 4.69) is 5.32 Å². The highest BCUT2D eigenvalue weighted by Gasteiger charge is 2.26. The van der Waals surface area contributed by atoms with Gasteiger partial charge in [-0.2, -0.15) is 0 Å². The maximum absolute atomic E-state index is 12.3. The summed E-state index contributed by atoms with van der Waals surface area (Å²) in [6.45, 7) is 9.23. The highest BCUT2D eigenvalue weighted by Crippen LogP contribution is 2.26. The SMILES string of the molecule is CCOC(=O)/C=C/C[C@H](CO)[C@H](NC(=O)OC(C)(C)C)c1ccc(C)cc1. The third-order valence-corrected chi connectivity index (χ3v) is 3.79. The van der Waals surface area contributed by atoms with Gasteiger partial charge in [0.15, 0.2) is 0 Å². The summed E-state index contributed by atoms with van der Waals surface area (Å²) in [4.78, 5) is 23.8. The average Bonchev–Trinajstić information content (AvgIpc) is 2.56. The molecule has 0 unspecified atom stereocenters. The second-order valence-corrected chi connectivity index (χ2v) is 7.37. The number of allylic oxidation sites excluding steroid dienone is 1. The first-order chi connectivity index (χ1) is 12.7. The molecule has 1 amide bonds. The molecule has 6 nitrogen and oxygen atoms in total. The number of benzene rings is 1. The lowest BCUT2D eigenvalue weighted by atomic mass is 9.90. The number of hydrogen-bond donors (Lipinski definition) is 2. The Balaban J connectivity index is 2.97. The van der Waals surface area contributed by atoms with Crippen LogP contribution >= 0.6 is 0 Å². The van der Waals surface area contributed by atoms with E-state index < -0.39 is 23.7 Å². The molecule has 0 bridgehead atoms. The van der Waals surface area contributed by atoms with Gasteiger partial charge >= 0.3 is 12.1 Å². The average molecular weight is 377 g/mol. The summed E-state index contributed by atoms with van der Waals surface area (Å²) in [7, 11) is 0. The maximum atomic E-state index is 12.3. The molecule has 27 heavy (non-hydrogen) atoms. The van der Waals surface area contributed by atoms with Gasteiger partial charge in [0.1, 0.15) is 5.60 Å². The molecular formula is C21H31NO5. The maximum Gasteiger partial charge on any atom is 0.408 e. The molecule has 0 aliphatic heterocycles. The van der Waals surface area contributed by atoms with Crippen molar-refractivity contribution < 1.29 is 24.2 Å². The zero-order valence-corrected chi connectivity index (χ0v) is 16.8. The predicted molar refractivity (Wildman–Crippen MR) is 104 cm³/mol. The van der Waals surface area contributed by atoms with E-state index in [-0.39, 0.29) is 12.5 Å². The zero-order valence-electron chi connectivity index (χ0n) is 16.8. The van der Waals surface area contributed by atoms with Crippen molar-refractivity contribution in [1.29, 1.82) is 0 Å². The van der Waals surface area contributed by atoms with E-state index in [9.17, 15) is 14.7 Å². The molecule has 0 aromatic heterocycles. The van der Waals surface area contributed by atoms with Crippen molar-refractivity contribution in [3.8, 4) is 0 Å². The van der Waals surface area contributed by atoms with Gasteiger partial charge in [-0.15, -0.1) is 0 Å². The molecule has 1 aromatic carbocycles. The fourth-order valence-corrected chi connectivity index (χ4v) is 2.53. The highest BCUT2D eigenvalue weighted by atomic mass is 16.6. The fourth-order valence-electron chi connectivity index (χ4n) is 2.53. The number of amides is 1. The van der Waals surface area contributed by atoms with E-state index in [1.807, 2.05) is 31.2 Å². The number of aliphatic hydroxyl groups excluding tert-OH is 1. The van der Waals surface area contributed by atoms with Gasteiger partial charge in [0.25, 0.3) is 0 Å². The largest absolute Gasteiger partial charge is 0.463 e. The summed E-state index contributed by atoms with van der Waals surface area (Å²) in [5.74, 6) is -0.757. The molecule has 0 aliphatic carbocycles. The minimum Gasteiger partial charge on any atom is -0.463 e. The number of hydrogen-bond acceptors (Lipinski definition) is 5. The van der Waals surface area contributed by atoms with E-state index in [0.29, 0.717) is 13.0 Å². The van der Waals surface area contributed by atoms with Crippen molar-refractivity contribution in [3.05, 3.63) is 47.5 Å². The molecule has 0 aliphatic rings. The molecule has 2 atom stereocenters. The molecule has 0 heterocycles. The first kappa shape index (κ1) is 22.7. The minimum absolute atomic E-state index is 0.165. The molecular weight excluding hydrogens is 346 g/mol. The molecule has 1 rings (SSSR count). The van der Waals surface area contributed by atoms with Crippen LogP contribution in [0.1, 0.15) is 51.3 Å². The second-order valence-electron chi connectivity index (χ2n) is 7.37. The minimum atomic E-state index is -0.625. The topological polar surface area (TPSA) is 84.9 Å². The van der Waals surface area contributed by atoms with Crippen LogP contribution in [0.2, 0.25) is 0 Å². The Bertz CT molecular complexity index is 631. The third-order valence-electron chi connectivity index (χ3n) is 3.79. The fraction of sp³-hybridized carbons (Fsp3) is 0.524. The number of aliphatic hydroxyl groups is 1. The van der Waals surface area contributed by atoms with Crippen molar-refractivity contribution in [2.45, 2.75) is 52.7 Å². The van der Waals surface area contributed by atoms with Crippen molar-refractivity contribution in [2.24, 2.45) is 5.92 Å². The standard InChI is InChI=1S/C21H31NO5/c1-6-26-18(24)9-7-8-17(14-23)19(16-12-10-15(2)11-13-16)22-20(25)27-21(3,4)5/h7,9-13,17,19,23H,6,8,14H2,1-5H3,(H,22,25)/b9-7+/t17-,19-/m1/s1. The Labute approximate surface area is 161 Å². The lowest BCUT2D eigenvalue weighted by Crippen LogP contribution is -2.38. The van der Waals surface area contributed by atoms with Gasteiger partial charge in [0.2, 0.25) is 0 Å². The monoisotopic (exact) mass is 377 g/mol. The van der Waals surface area contributed by atoms with Crippen LogP contribution in [0.5, 0.6) is 0 Å². The van der Waals surface area contributed by atoms with E-state index in [1.165, 1.54) is 6.08 Å². The van der Waals surface area contributed by atoms with E-state index in [1.54, 1.807) is 33.8 Å². The van der Waals surface area contributed by atoms with Gasteiger partial charge in [-0.05, 0) is 46.6 Å². The molecule has 2 N–H and O–H groups in total. The first-order valence-electron chi connectivity index (χ1n) is 9.16. The Morgan fingerprint density at radius 1 is 1.22 bits per heavy atom. The Kier molecular flexibility index (Phi) is 9.02. The lowest BCUT2D eigenvalue weighted by Gasteiger charge is -2.28. The van der Waals surface area contributed by atoms with Crippen LogP contribution in [0, 0.1) is 12.8 Å². The van der Waals surface area contributed by atoms with E-state index in [4.69, 9.17) is 9.47 Å². The molecule has 0 radical (unpaired) electrons. The smallest absolute Gasteiger partial charge is 0.408 e. The molecule has 1 aromatic rings. The van der Waals surface area contributed by atoms with Gasteiger partial charge in [0, 0.05) is 18.6 Å². The van der Waals surface area contributed by atoms with Crippen molar-refractivity contribution >= 4 is 12.1 Å².